The third kappa shape index (κ3) is 2.01. The van der Waals surface area contributed by atoms with Crippen molar-refractivity contribution in [2.75, 3.05) is 13.1 Å². The molecule has 1 N–H and O–H groups in total. The summed E-state index contributed by atoms with van der Waals surface area (Å²) in [6.45, 7) is 3.22. The van der Waals surface area contributed by atoms with Crippen molar-refractivity contribution in [3.63, 3.8) is 0 Å². The molecule has 0 radical (unpaired) electrons. The molecule has 2 rings (SSSR count). The van der Waals surface area contributed by atoms with Gasteiger partial charge < -0.3 is 5.32 Å². The Morgan fingerprint density at radius 3 is 2.47 bits per heavy atom. The van der Waals surface area contributed by atoms with Gasteiger partial charge in [0, 0.05) is 23.9 Å². The summed E-state index contributed by atoms with van der Waals surface area (Å²) in [4.78, 5) is 4.08. The SMILES string of the molecule is CCc1sc(C2CNC2)nc1C(F)(F)F. The lowest BCUT2D eigenvalue weighted by Gasteiger charge is -2.24. The maximum absolute atomic E-state index is 12.6. The van der Waals surface area contributed by atoms with Gasteiger partial charge in [0.25, 0.3) is 0 Å². The van der Waals surface area contributed by atoms with Gasteiger partial charge >= 0.3 is 6.18 Å². The first-order valence-electron chi connectivity index (χ1n) is 4.80. The maximum Gasteiger partial charge on any atom is 0.434 e. The van der Waals surface area contributed by atoms with Crippen LogP contribution in [-0.2, 0) is 12.6 Å². The molecule has 84 valence electrons. The van der Waals surface area contributed by atoms with E-state index in [-0.39, 0.29) is 5.92 Å². The normalized spacial score (nSPS) is 17.9. The van der Waals surface area contributed by atoms with Gasteiger partial charge in [-0.25, -0.2) is 4.98 Å². The second-order valence-corrected chi connectivity index (χ2v) is 4.65. The number of alkyl halides is 3. The molecule has 0 spiro atoms. The Balaban J connectivity index is 2.32. The Morgan fingerprint density at radius 2 is 2.13 bits per heavy atom. The summed E-state index contributed by atoms with van der Waals surface area (Å²) in [5.74, 6) is 0.177. The molecule has 2 nitrogen and oxygen atoms in total. The molecule has 6 heteroatoms. The zero-order valence-corrected chi connectivity index (χ0v) is 9.00. The van der Waals surface area contributed by atoms with Gasteiger partial charge in [-0.3, -0.25) is 0 Å². The lowest BCUT2D eigenvalue weighted by atomic mass is 10.1. The largest absolute Gasteiger partial charge is 0.434 e. The van der Waals surface area contributed by atoms with Crippen LogP contribution in [0.5, 0.6) is 0 Å². The summed E-state index contributed by atoms with van der Waals surface area (Å²) < 4.78 is 37.7. The Kier molecular flexibility index (Phi) is 2.72. The van der Waals surface area contributed by atoms with Crippen LogP contribution in [0.2, 0.25) is 0 Å². The number of nitrogens with zero attached hydrogens (tertiary/aromatic N) is 1. The van der Waals surface area contributed by atoms with Crippen LogP contribution in [0.15, 0.2) is 0 Å². The second kappa shape index (κ2) is 3.75. The molecule has 0 atom stereocenters. The Morgan fingerprint density at radius 1 is 1.47 bits per heavy atom. The number of halogens is 3. The smallest absolute Gasteiger partial charge is 0.315 e. The summed E-state index contributed by atoms with van der Waals surface area (Å²) in [6, 6.07) is 0. The lowest BCUT2D eigenvalue weighted by molar-refractivity contribution is -0.141. The standard InChI is InChI=1S/C9H11F3N2S/c1-2-6-7(9(10,11)12)14-8(15-6)5-3-13-4-5/h5,13H,2-4H2,1H3. The molecule has 0 bridgehead atoms. The molecule has 1 aromatic heterocycles. The molecule has 0 aliphatic carbocycles. The molecule has 1 aliphatic heterocycles. The molecule has 0 unspecified atom stereocenters. The first-order valence-corrected chi connectivity index (χ1v) is 5.61. The highest BCUT2D eigenvalue weighted by molar-refractivity contribution is 7.11. The Labute approximate surface area is 89.5 Å². The van der Waals surface area contributed by atoms with Crippen LogP contribution in [0.3, 0.4) is 0 Å². The van der Waals surface area contributed by atoms with Gasteiger partial charge in [-0.15, -0.1) is 11.3 Å². The highest BCUT2D eigenvalue weighted by Crippen LogP contribution is 2.37. The summed E-state index contributed by atoms with van der Waals surface area (Å²) in [5.41, 5.74) is -0.683. The lowest BCUT2D eigenvalue weighted by Crippen LogP contribution is -2.39. The van der Waals surface area contributed by atoms with Gasteiger partial charge in [-0.1, -0.05) is 6.92 Å². The van der Waals surface area contributed by atoms with E-state index in [4.69, 9.17) is 0 Å². The van der Waals surface area contributed by atoms with Gasteiger partial charge in [-0.05, 0) is 6.42 Å². The van der Waals surface area contributed by atoms with E-state index in [0.717, 1.165) is 13.1 Å². The summed E-state index contributed by atoms with van der Waals surface area (Å²) >= 11 is 1.20. The van der Waals surface area contributed by atoms with Crippen molar-refractivity contribution in [1.29, 1.82) is 0 Å². The predicted molar refractivity (Wildman–Crippen MR) is 52.1 cm³/mol. The average Bonchev–Trinajstić information content (AvgIpc) is 2.44. The number of hydrogen-bond acceptors (Lipinski definition) is 3. The van der Waals surface area contributed by atoms with Crippen molar-refractivity contribution in [3.8, 4) is 0 Å². The molecule has 2 heterocycles. The summed E-state index contributed by atoms with van der Waals surface area (Å²) in [5, 5.41) is 3.65. The van der Waals surface area contributed by atoms with Gasteiger partial charge in [-0.2, -0.15) is 13.2 Å². The maximum atomic E-state index is 12.6. The van der Waals surface area contributed by atoms with E-state index in [0.29, 0.717) is 16.3 Å². The number of thiazole rings is 1. The van der Waals surface area contributed by atoms with Crippen LogP contribution in [0.25, 0.3) is 0 Å². The highest BCUT2D eigenvalue weighted by Gasteiger charge is 2.38. The van der Waals surface area contributed by atoms with Crippen LogP contribution in [-0.4, -0.2) is 18.1 Å². The molecule has 1 aromatic rings. The minimum atomic E-state index is -4.31. The van der Waals surface area contributed by atoms with E-state index < -0.39 is 11.9 Å². The van der Waals surface area contributed by atoms with Crippen LogP contribution in [0.1, 0.15) is 28.4 Å². The fourth-order valence-corrected chi connectivity index (χ4v) is 2.59. The minimum Gasteiger partial charge on any atom is -0.315 e. The van der Waals surface area contributed by atoms with E-state index >= 15 is 0 Å². The third-order valence-electron chi connectivity index (χ3n) is 2.43. The first-order chi connectivity index (χ1) is 7.02. The van der Waals surface area contributed by atoms with Crippen LogP contribution < -0.4 is 5.32 Å². The van der Waals surface area contributed by atoms with Crippen molar-refractivity contribution in [3.05, 3.63) is 15.6 Å². The molecular weight excluding hydrogens is 225 g/mol. The van der Waals surface area contributed by atoms with E-state index in [9.17, 15) is 13.2 Å². The van der Waals surface area contributed by atoms with Crippen LogP contribution in [0.4, 0.5) is 13.2 Å². The molecular formula is C9H11F3N2S. The number of aryl methyl sites for hydroxylation is 1. The van der Waals surface area contributed by atoms with Gasteiger partial charge in [0.15, 0.2) is 5.69 Å². The summed E-state index contributed by atoms with van der Waals surface area (Å²) in [6.07, 6.45) is -3.91. The Bertz CT molecular complexity index is 355. The van der Waals surface area contributed by atoms with Crippen molar-refractivity contribution < 1.29 is 13.2 Å². The topological polar surface area (TPSA) is 24.9 Å². The zero-order valence-electron chi connectivity index (χ0n) is 8.19. The quantitative estimate of drug-likeness (QED) is 0.853. The van der Waals surface area contributed by atoms with Gasteiger partial charge in [0.1, 0.15) is 0 Å². The van der Waals surface area contributed by atoms with Crippen LogP contribution >= 0.6 is 11.3 Å². The fraction of sp³-hybridized carbons (Fsp3) is 0.667. The molecule has 1 fully saturated rings. The van der Waals surface area contributed by atoms with Crippen molar-refractivity contribution in [1.82, 2.24) is 10.3 Å². The number of aromatic nitrogens is 1. The molecule has 15 heavy (non-hydrogen) atoms. The number of nitrogens with one attached hydrogen (secondary N) is 1. The molecule has 1 aliphatic rings. The first kappa shape index (κ1) is 10.9. The van der Waals surface area contributed by atoms with E-state index in [1.807, 2.05) is 0 Å². The van der Waals surface area contributed by atoms with E-state index in [1.54, 1.807) is 6.92 Å². The number of rotatable bonds is 2. The summed E-state index contributed by atoms with van der Waals surface area (Å²) in [7, 11) is 0. The van der Waals surface area contributed by atoms with E-state index in [2.05, 4.69) is 10.3 Å². The molecule has 0 saturated carbocycles. The monoisotopic (exact) mass is 236 g/mol. The van der Waals surface area contributed by atoms with Crippen molar-refractivity contribution >= 4 is 11.3 Å². The average molecular weight is 236 g/mol. The molecule has 1 saturated heterocycles. The number of hydrogen-bond donors (Lipinski definition) is 1. The molecule has 0 amide bonds. The second-order valence-electron chi connectivity index (χ2n) is 3.53. The Hall–Kier alpha value is -0.620. The highest BCUT2D eigenvalue weighted by atomic mass is 32.1. The van der Waals surface area contributed by atoms with Crippen molar-refractivity contribution in [2.24, 2.45) is 0 Å². The van der Waals surface area contributed by atoms with Crippen LogP contribution in [0, 0.1) is 0 Å². The predicted octanol–water partition coefficient (Wildman–Crippen LogP) is 2.41. The zero-order chi connectivity index (χ0) is 11.1. The molecule has 0 aromatic carbocycles. The van der Waals surface area contributed by atoms with Gasteiger partial charge in [0.2, 0.25) is 0 Å². The van der Waals surface area contributed by atoms with Gasteiger partial charge in [0.05, 0.1) is 5.01 Å². The van der Waals surface area contributed by atoms with E-state index in [1.165, 1.54) is 11.3 Å². The van der Waals surface area contributed by atoms with Crippen molar-refractivity contribution in [2.45, 2.75) is 25.4 Å². The minimum absolute atomic E-state index is 0.177. The fourth-order valence-electron chi connectivity index (χ4n) is 1.47. The third-order valence-corrected chi connectivity index (χ3v) is 3.80.